The highest BCUT2D eigenvalue weighted by Gasteiger charge is 2.04. The molecule has 0 saturated heterocycles. The summed E-state index contributed by atoms with van der Waals surface area (Å²) in [5.74, 6) is 2.54. The first-order valence-corrected chi connectivity index (χ1v) is 6.85. The van der Waals surface area contributed by atoms with Gasteiger partial charge >= 0.3 is 0 Å². The lowest BCUT2D eigenvalue weighted by Gasteiger charge is -2.11. The second-order valence-corrected chi connectivity index (χ2v) is 4.66. The molecule has 3 heteroatoms. The van der Waals surface area contributed by atoms with Gasteiger partial charge in [0.25, 0.3) is 0 Å². The first-order valence-electron chi connectivity index (χ1n) is 6.85. The van der Waals surface area contributed by atoms with Crippen molar-refractivity contribution in [2.45, 2.75) is 20.4 Å². The van der Waals surface area contributed by atoms with E-state index in [0.717, 1.165) is 35.9 Å². The minimum absolute atomic E-state index is 0.814. The third-order valence-electron chi connectivity index (χ3n) is 3.12. The molecule has 0 unspecified atom stereocenters. The van der Waals surface area contributed by atoms with Crippen molar-refractivity contribution in [3.8, 4) is 17.2 Å². The Morgan fingerprint density at radius 1 is 1.00 bits per heavy atom. The summed E-state index contributed by atoms with van der Waals surface area (Å²) in [7, 11) is 1.66. The van der Waals surface area contributed by atoms with E-state index in [1.54, 1.807) is 7.11 Å². The van der Waals surface area contributed by atoms with Crippen LogP contribution < -0.4 is 14.8 Å². The fourth-order valence-corrected chi connectivity index (χ4v) is 1.90. The summed E-state index contributed by atoms with van der Waals surface area (Å²) in [6.07, 6.45) is 0. The minimum atomic E-state index is 0.814. The number of hydrogen-bond acceptors (Lipinski definition) is 3. The standard InChI is InChI=1S/C17H21NO2/c1-4-18-12-14-6-5-13(2)17(11-14)20-16-9-7-15(19-3)8-10-16/h5-11,18H,4,12H2,1-3H3. The van der Waals surface area contributed by atoms with Crippen molar-refractivity contribution in [2.75, 3.05) is 13.7 Å². The summed E-state index contributed by atoms with van der Waals surface area (Å²) in [5.41, 5.74) is 2.35. The molecule has 0 amide bonds. The molecule has 2 aromatic rings. The first-order chi connectivity index (χ1) is 9.72. The monoisotopic (exact) mass is 271 g/mol. The molecule has 0 fully saturated rings. The topological polar surface area (TPSA) is 30.5 Å². The van der Waals surface area contributed by atoms with E-state index in [4.69, 9.17) is 9.47 Å². The van der Waals surface area contributed by atoms with Gasteiger partial charge in [0.1, 0.15) is 17.2 Å². The Labute approximate surface area is 120 Å². The van der Waals surface area contributed by atoms with Crippen LogP contribution >= 0.6 is 0 Å². The molecule has 0 bridgehead atoms. The molecule has 106 valence electrons. The predicted molar refractivity (Wildman–Crippen MR) is 81.6 cm³/mol. The van der Waals surface area contributed by atoms with Crippen molar-refractivity contribution in [1.82, 2.24) is 5.32 Å². The molecule has 0 aliphatic rings. The van der Waals surface area contributed by atoms with Crippen molar-refractivity contribution in [3.63, 3.8) is 0 Å². The van der Waals surface area contributed by atoms with Gasteiger partial charge in [-0.15, -0.1) is 0 Å². The third-order valence-corrected chi connectivity index (χ3v) is 3.12. The largest absolute Gasteiger partial charge is 0.497 e. The van der Waals surface area contributed by atoms with Crippen LogP contribution in [0.2, 0.25) is 0 Å². The van der Waals surface area contributed by atoms with E-state index in [1.165, 1.54) is 5.56 Å². The summed E-state index contributed by atoms with van der Waals surface area (Å²) >= 11 is 0. The van der Waals surface area contributed by atoms with E-state index >= 15 is 0 Å². The number of rotatable bonds is 6. The summed E-state index contributed by atoms with van der Waals surface area (Å²) in [6, 6.07) is 13.9. The molecule has 2 rings (SSSR count). The highest BCUT2D eigenvalue weighted by molar-refractivity contribution is 5.41. The Morgan fingerprint density at radius 3 is 2.35 bits per heavy atom. The van der Waals surface area contributed by atoms with Gasteiger partial charge in [-0.25, -0.2) is 0 Å². The highest BCUT2D eigenvalue weighted by atomic mass is 16.5. The van der Waals surface area contributed by atoms with Crippen LogP contribution in [0.4, 0.5) is 0 Å². The molecular formula is C17H21NO2. The summed E-state index contributed by atoms with van der Waals surface area (Å²) in [4.78, 5) is 0. The molecular weight excluding hydrogens is 250 g/mol. The molecule has 20 heavy (non-hydrogen) atoms. The first kappa shape index (κ1) is 14.4. The quantitative estimate of drug-likeness (QED) is 0.864. The third kappa shape index (κ3) is 3.75. The molecule has 0 aromatic heterocycles. The van der Waals surface area contributed by atoms with Gasteiger partial charge < -0.3 is 14.8 Å². The zero-order chi connectivity index (χ0) is 14.4. The van der Waals surface area contributed by atoms with E-state index < -0.39 is 0 Å². The Balaban J connectivity index is 2.14. The van der Waals surface area contributed by atoms with Gasteiger partial charge in [0.15, 0.2) is 0 Å². The lowest BCUT2D eigenvalue weighted by atomic mass is 10.1. The molecule has 0 heterocycles. The van der Waals surface area contributed by atoms with Crippen LogP contribution in [-0.2, 0) is 6.54 Å². The number of methoxy groups -OCH3 is 1. The van der Waals surface area contributed by atoms with Gasteiger partial charge in [0.05, 0.1) is 7.11 Å². The van der Waals surface area contributed by atoms with Crippen molar-refractivity contribution in [2.24, 2.45) is 0 Å². The maximum Gasteiger partial charge on any atom is 0.130 e. The maximum absolute atomic E-state index is 5.95. The zero-order valence-corrected chi connectivity index (χ0v) is 12.3. The van der Waals surface area contributed by atoms with E-state index in [9.17, 15) is 0 Å². The van der Waals surface area contributed by atoms with E-state index in [0.29, 0.717) is 0 Å². The number of benzene rings is 2. The second kappa shape index (κ2) is 6.96. The lowest BCUT2D eigenvalue weighted by molar-refractivity contribution is 0.412. The number of hydrogen-bond donors (Lipinski definition) is 1. The minimum Gasteiger partial charge on any atom is -0.497 e. The molecule has 0 aliphatic heterocycles. The van der Waals surface area contributed by atoms with Crippen molar-refractivity contribution >= 4 is 0 Å². The summed E-state index contributed by atoms with van der Waals surface area (Å²) in [5, 5.41) is 3.32. The van der Waals surface area contributed by atoms with Crippen LogP contribution in [-0.4, -0.2) is 13.7 Å². The van der Waals surface area contributed by atoms with Crippen LogP contribution in [0, 0.1) is 6.92 Å². The van der Waals surface area contributed by atoms with E-state index in [1.807, 2.05) is 24.3 Å². The van der Waals surface area contributed by atoms with Crippen molar-refractivity contribution < 1.29 is 9.47 Å². The Morgan fingerprint density at radius 2 is 1.70 bits per heavy atom. The highest BCUT2D eigenvalue weighted by Crippen LogP contribution is 2.27. The Hall–Kier alpha value is -2.00. The van der Waals surface area contributed by atoms with Gasteiger partial charge in [0.2, 0.25) is 0 Å². The lowest BCUT2D eigenvalue weighted by Crippen LogP contribution is -2.11. The predicted octanol–water partition coefficient (Wildman–Crippen LogP) is 3.91. The Bertz CT molecular complexity index is 549. The normalized spacial score (nSPS) is 10.3. The van der Waals surface area contributed by atoms with Gasteiger partial charge in [-0.2, -0.15) is 0 Å². The van der Waals surface area contributed by atoms with Crippen LogP contribution in [0.1, 0.15) is 18.1 Å². The van der Waals surface area contributed by atoms with Crippen LogP contribution in [0.3, 0.4) is 0 Å². The maximum atomic E-state index is 5.95. The second-order valence-electron chi connectivity index (χ2n) is 4.66. The average molecular weight is 271 g/mol. The van der Waals surface area contributed by atoms with Crippen molar-refractivity contribution in [3.05, 3.63) is 53.6 Å². The molecule has 1 N–H and O–H groups in total. The molecule has 2 aromatic carbocycles. The zero-order valence-electron chi connectivity index (χ0n) is 12.3. The van der Waals surface area contributed by atoms with Gasteiger partial charge in [-0.3, -0.25) is 0 Å². The molecule has 0 spiro atoms. The average Bonchev–Trinajstić information content (AvgIpc) is 2.49. The molecule has 0 saturated carbocycles. The van der Waals surface area contributed by atoms with E-state index in [2.05, 4.69) is 37.4 Å². The molecule has 0 radical (unpaired) electrons. The number of ether oxygens (including phenoxy) is 2. The number of nitrogens with one attached hydrogen (secondary N) is 1. The smallest absolute Gasteiger partial charge is 0.130 e. The fourth-order valence-electron chi connectivity index (χ4n) is 1.90. The number of aryl methyl sites for hydroxylation is 1. The van der Waals surface area contributed by atoms with Crippen LogP contribution in [0.15, 0.2) is 42.5 Å². The fraction of sp³-hybridized carbons (Fsp3) is 0.294. The molecule has 0 atom stereocenters. The van der Waals surface area contributed by atoms with Gasteiger partial charge in [-0.1, -0.05) is 19.1 Å². The van der Waals surface area contributed by atoms with Crippen molar-refractivity contribution in [1.29, 1.82) is 0 Å². The van der Waals surface area contributed by atoms with E-state index in [-0.39, 0.29) is 0 Å². The summed E-state index contributed by atoms with van der Waals surface area (Å²) < 4.78 is 11.1. The van der Waals surface area contributed by atoms with Gasteiger partial charge in [0, 0.05) is 6.54 Å². The molecule has 3 nitrogen and oxygen atoms in total. The van der Waals surface area contributed by atoms with Gasteiger partial charge in [-0.05, 0) is 54.9 Å². The summed E-state index contributed by atoms with van der Waals surface area (Å²) in [6.45, 7) is 5.97. The Kier molecular flexibility index (Phi) is 5.02. The molecule has 0 aliphatic carbocycles. The van der Waals surface area contributed by atoms with Crippen LogP contribution in [0.25, 0.3) is 0 Å². The van der Waals surface area contributed by atoms with Crippen LogP contribution in [0.5, 0.6) is 17.2 Å². The SMILES string of the molecule is CCNCc1ccc(C)c(Oc2ccc(OC)cc2)c1.